The molecule has 0 unspecified atom stereocenters. The van der Waals surface area contributed by atoms with Gasteiger partial charge in [-0.15, -0.1) is 17.8 Å². The third-order valence-electron chi connectivity index (χ3n) is 2.14. The molecule has 1 aromatic heterocycles. The Labute approximate surface area is 104 Å². The average molecular weight is 242 g/mol. The first-order valence-corrected chi connectivity index (χ1v) is 5.87. The Balaban J connectivity index is 2.16. The van der Waals surface area contributed by atoms with Gasteiger partial charge in [-0.05, 0) is 25.1 Å². The van der Waals surface area contributed by atoms with E-state index in [1.807, 2.05) is 13.0 Å². The summed E-state index contributed by atoms with van der Waals surface area (Å²) in [7, 11) is 0. The van der Waals surface area contributed by atoms with Crippen LogP contribution in [-0.2, 0) is 0 Å². The Morgan fingerprint density at radius 3 is 3.00 bits per heavy atom. The lowest BCUT2D eigenvalue weighted by Crippen LogP contribution is -2.12. The highest BCUT2D eigenvalue weighted by molar-refractivity contribution is 7.09. The summed E-state index contributed by atoms with van der Waals surface area (Å²) in [4.78, 5) is 15.9. The van der Waals surface area contributed by atoms with Crippen molar-refractivity contribution in [3.05, 3.63) is 45.9 Å². The maximum atomic E-state index is 11.8. The number of anilines is 1. The van der Waals surface area contributed by atoms with E-state index in [2.05, 4.69) is 16.2 Å². The maximum Gasteiger partial charge on any atom is 0.275 e. The van der Waals surface area contributed by atoms with Gasteiger partial charge in [-0.2, -0.15) is 0 Å². The molecule has 1 aromatic carbocycles. The smallest absolute Gasteiger partial charge is 0.275 e. The number of nitrogens with zero attached hydrogens (tertiary/aromatic N) is 1. The Hall–Kier alpha value is -2.12. The molecule has 0 aliphatic heterocycles. The number of aromatic nitrogens is 1. The lowest BCUT2D eigenvalue weighted by atomic mass is 10.2. The molecule has 2 rings (SSSR count). The summed E-state index contributed by atoms with van der Waals surface area (Å²) in [6, 6.07) is 7.15. The van der Waals surface area contributed by atoms with Crippen LogP contribution in [0, 0.1) is 19.3 Å². The summed E-state index contributed by atoms with van der Waals surface area (Å²) in [5.41, 5.74) is 1.84. The fourth-order valence-electron chi connectivity index (χ4n) is 1.35. The van der Waals surface area contributed by atoms with E-state index in [1.165, 1.54) is 11.3 Å². The van der Waals surface area contributed by atoms with Crippen molar-refractivity contribution in [1.29, 1.82) is 0 Å². The second-order valence-corrected chi connectivity index (χ2v) is 4.49. The maximum absolute atomic E-state index is 11.8. The molecule has 84 valence electrons. The van der Waals surface area contributed by atoms with E-state index in [9.17, 15) is 4.79 Å². The zero-order valence-electron chi connectivity index (χ0n) is 9.23. The van der Waals surface area contributed by atoms with Gasteiger partial charge in [-0.25, -0.2) is 4.98 Å². The van der Waals surface area contributed by atoms with Gasteiger partial charge in [-0.1, -0.05) is 12.0 Å². The molecule has 0 bridgehead atoms. The summed E-state index contributed by atoms with van der Waals surface area (Å²) in [5, 5.41) is 5.36. The first-order valence-electron chi connectivity index (χ1n) is 4.99. The summed E-state index contributed by atoms with van der Waals surface area (Å²) in [5.74, 6) is 2.30. The van der Waals surface area contributed by atoms with Gasteiger partial charge >= 0.3 is 0 Å². The molecule has 0 saturated heterocycles. The van der Waals surface area contributed by atoms with Crippen molar-refractivity contribution >= 4 is 22.9 Å². The van der Waals surface area contributed by atoms with E-state index >= 15 is 0 Å². The van der Waals surface area contributed by atoms with Crippen molar-refractivity contribution in [2.45, 2.75) is 6.92 Å². The topological polar surface area (TPSA) is 42.0 Å². The molecular formula is C13H10N2OS. The number of hydrogen-bond acceptors (Lipinski definition) is 3. The van der Waals surface area contributed by atoms with Crippen LogP contribution in [0.4, 0.5) is 5.69 Å². The summed E-state index contributed by atoms with van der Waals surface area (Å²) >= 11 is 1.45. The molecule has 0 spiro atoms. The van der Waals surface area contributed by atoms with Gasteiger partial charge in [0.2, 0.25) is 0 Å². The van der Waals surface area contributed by atoms with Crippen LogP contribution >= 0.6 is 11.3 Å². The van der Waals surface area contributed by atoms with Gasteiger partial charge in [0.05, 0.1) is 5.01 Å². The Bertz CT molecular complexity index is 595. The zero-order valence-corrected chi connectivity index (χ0v) is 10.0. The van der Waals surface area contributed by atoms with Crippen LogP contribution in [-0.4, -0.2) is 10.9 Å². The minimum atomic E-state index is -0.219. The van der Waals surface area contributed by atoms with Crippen molar-refractivity contribution in [1.82, 2.24) is 4.98 Å². The van der Waals surface area contributed by atoms with Crippen LogP contribution in [0.3, 0.4) is 0 Å². The van der Waals surface area contributed by atoms with Crippen LogP contribution in [0.15, 0.2) is 29.6 Å². The number of carbonyl (C=O) groups is 1. The normalized spacial score (nSPS) is 9.65. The van der Waals surface area contributed by atoms with Crippen LogP contribution in [0.2, 0.25) is 0 Å². The number of amides is 1. The van der Waals surface area contributed by atoms with Crippen LogP contribution in [0.1, 0.15) is 21.1 Å². The van der Waals surface area contributed by atoms with Crippen molar-refractivity contribution in [3.63, 3.8) is 0 Å². The standard InChI is InChI=1S/C13H10N2OS/c1-3-10-5-4-6-11(7-10)15-13(16)12-8-17-9(2)14-12/h1,4-8H,2H3,(H,15,16). The van der Waals surface area contributed by atoms with Gasteiger partial charge < -0.3 is 5.32 Å². The quantitative estimate of drug-likeness (QED) is 0.823. The summed E-state index contributed by atoms with van der Waals surface area (Å²) in [6.07, 6.45) is 5.29. The largest absolute Gasteiger partial charge is 0.321 e. The van der Waals surface area contributed by atoms with Gasteiger partial charge in [0.25, 0.3) is 5.91 Å². The Kier molecular flexibility index (Phi) is 3.22. The molecule has 17 heavy (non-hydrogen) atoms. The molecule has 0 fully saturated rings. The molecule has 0 atom stereocenters. The van der Waals surface area contributed by atoms with Gasteiger partial charge in [0.1, 0.15) is 5.69 Å². The van der Waals surface area contributed by atoms with Crippen molar-refractivity contribution in [2.24, 2.45) is 0 Å². The first kappa shape index (κ1) is 11.4. The molecule has 2 aromatic rings. The van der Waals surface area contributed by atoms with Crippen molar-refractivity contribution in [3.8, 4) is 12.3 Å². The number of terminal acetylenes is 1. The van der Waals surface area contributed by atoms with Crippen LogP contribution < -0.4 is 5.32 Å². The number of thiazole rings is 1. The van der Waals surface area contributed by atoms with E-state index in [1.54, 1.807) is 23.6 Å². The number of hydrogen-bond donors (Lipinski definition) is 1. The number of nitrogens with one attached hydrogen (secondary N) is 1. The fourth-order valence-corrected chi connectivity index (χ4v) is 1.94. The third kappa shape index (κ3) is 2.71. The van der Waals surface area contributed by atoms with Crippen molar-refractivity contribution in [2.75, 3.05) is 5.32 Å². The lowest BCUT2D eigenvalue weighted by molar-refractivity contribution is 0.102. The minimum Gasteiger partial charge on any atom is -0.321 e. The second kappa shape index (κ2) is 4.81. The molecule has 0 radical (unpaired) electrons. The van der Waals surface area contributed by atoms with Gasteiger partial charge in [0.15, 0.2) is 0 Å². The van der Waals surface area contributed by atoms with Gasteiger partial charge in [0, 0.05) is 16.6 Å². The Morgan fingerprint density at radius 1 is 1.53 bits per heavy atom. The van der Waals surface area contributed by atoms with E-state index in [-0.39, 0.29) is 5.91 Å². The Morgan fingerprint density at radius 2 is 2.35 bits per heavy atom. The molecular weight excluding hydrogens is 232 g/mol. The van der Waals surface area contributed by atoms with E-state index in [0.29, 0.717) is 11.4 Å². The average Bonchev–Trinajstić information content (AvgIpc) is 2.76. The van der Waals surface area contributed by atoms with Crippen molar-refractivity contribution < 1.29 is 4.79 Å². The number of aryl methyl sites for hydroxylation is 1. The highest BCUT2D eigenvalue weighted by Crippen LogP contribution is 2.13. The molecule has 1 N–H and O–H groups in total. The SMILES string of the molecule is C#Cc1cccc(NC(=O)c2csc(C)n2)c1. The fraction of sp³-hybridized carbons (Fsp3) is 0.0769. The monoisotopic (exact) mass is 242 g/mol. The molecule has 0 saturated carbocycles. The molecule has 1 amide bonds. The number of benzene rings is 1. The van der Waals surface area contributed by atoms with E-state index < -0.39 is 0 Å². The molecule has 4 heteroatoms. The highest BCUT2D eigenvalue weighted by Gasteiger charge is 2.09. The predicted octanol–water partition coefficient (Wildman–Crippen LogP) is 2.69. The second-order valence-electron chi connectivity index (χ2n) is 3.43. The third-order valence-corrected chi connectivity index (χ3v) is 2.91. The van der Waals surface area contributed by atoms with Crippen LogP contribution in [0.25, 0.3) is 0 Å². The summed E-state index contributed by atoms with van der Waals surface area (Å²) in [6.45, 7) is 1.86. The van der Waals surface area contributed by atoms with Gasteiger partial charge in [-0.3, -0.25) is 4.79 Å². The minimum absolute atomic E-state index is 0.219. The van der Waals surface area contributed by atoms with E-state index in [0.717, 1.165) is 10.6 Å². The molecule has 0 aliphatic rings. The number of rotatable bonds is 2. The summed E-state index contributed by atoms with van der Waals surface area (Å²) < 4.78 is 0. The molecule has 0 aliphatic carbocycles. The van der Waals surface area contributed by atoms with Crippen LogP contribution in [0.5, 0.6) is 0 Å². The first-order chi connectivity index (χ1) is 8.19. The highest BCUT2D eigenvalue weighted by atomic mass is 32.1. The molecule has 1 heterocycles. The van der Waals surface area contributed by atoms with E-state index in [4.69, 9.17) is 6.42 Å². The zero-order chi connectivity index (χ0) is 12.3. The predicted molar refractivity (Wildman–Crippen MR) is 69.2 cm³/mol. The lowest BCUT2D eigenvalue weighted by Gasteiger charge is -2.03. The number of carbonyl (C=O) groups excluding carboxylic acids is 1. The molecule has 3 nitrogen and oxygen atoms in total.